The lowest BCUT2D eigenvalue weighted by Crippen LogP contribution is -2.58. The number of piperazine rings is 1. The van der Waals surface area contributed by atoms with Crippen LogP contribution in [0.1, 0.15) is 12.5 Å². The van der Waals surface area contributed by atoms with Crippen LogP contribution in [-0.2, 0) is 4.79 Å². The van der Waals surface area contributed by atoms with Gasteiger partial charge in [0, 0.05) is 37.9 Å². The van der Waals surface area contributed by atoms with E-state index in [1.807, 2.05) is 17.9 Å². The van der Waals surface area contributed by atoms with Gasteiger partial charge in [0.1, 0.15) is 6.04 Å². The highest BCUT2D eigenvalue weighted by atomic mass is 16.6. The van der Waals surface area contributed by atoms with E-state index in [-0.39, 0.29) is 22.6 Å². The van der Waals surface area contributed by atoms with E-state index in [1.54, 1.807) is 13.0 Å². The molecule has 1 heterocycles. The van der Waals surface area contributed by atoms with E-state index in [9.17, 15) is 14.9 Å². The van der Waals surface area contributed by atoms with Crippen molar-refractivity contribution in [3.8, 4) is 0 Å². The van der Waals surface area contributed by atoms with E-state index >= 15 is 0 Å². The molecule has 0 aromatic heterocycles. The average Bonchev–Trinajstić information content (AvgIpc) is 2.47. The van der Waals surface area contributed by atoms with Gasteiger partial charge < -0.3 is 15.5 Å². The van der Waals surface area contributed by atoms with Crippen LogP contribution in [0.3, 0.4) is 0 Å². The van der Waals surface area contributed by atoms with Gasteiger partial charge in [-0.25, -0.2) is 0 Å². The summed E-state index contributed by atoms with van der Waals surface area (Å²) in [4.78, 5) is 24.8. The highest BCUT2D eigenvalue weighted by Crippen LogP contribution is 2.29. The predicted octanol–water partition coefficient (Wildman–Crippen LogP) is 0.818. The molecule has 1 atom stereocenters. The number of amides is 1. The number of carbonyl (C=O) groups is 1. The number of hydrogen-bond donors (Lipinski definition) is 2. The number of nitrogens with one attached hydrogen (secondary N) is 2. The van der Waals surface area contributed by atoms with Crippen molar-refractivity contribution in [2.75, 3.05) is 31.1 Å². The molecule has 0 saturated carbocycles. The molecular formula is C14H20N4O3. The van der Waals surface area contributed by atoms with Crippen LogP contribution < -0.4 is 15.5 Å². The molecule has 0 radical (unpaired) electrons. The molecule has 2 rings (SSSR count). The molecule has 1 aliphatic heterocycles. The summed E-state index contributed by atoms with van der Waals surface area (Å²) in [6.45, 7) is 6.09. The molecule has 1 saturated heterocycles. The minimum absolute atomic E-state index is 0.0596. The lowest BCUT2D eigenvalue weighted by atomic mass is 10.1. The van der Waals surface area contributed by atoms with E-state index in [1.165, 1.54) is 6.07 Å². The summed E-state index contributed by atoms with van der Waals surface area (Å²) < 4.78 is 0. The summed E-state index contributed by atoms with van der Waals surface area (Å²) >= 11 is 0. The maximum atomic E-state index is 12.2. The molecule has 0 spiro atoms. The van der Waals surface area contributed by atoms with Crippen LogP contribution >= 0.6 is 0 Å². The molecule has 1 unspecified atom stereocenters. The van der Waals surface area contributed by atoms with Crippen LogP contribution in [-0.4, -0.2) is 43.1 Å². The topological polar surface area (TPSA) is 87.5 Å². The second-order valence-corrected chi connectivity index (χ2v) is 4.99. The second-order valence-electron chi connectivity index (χ2n) is 4.99. The number of likely N-dealkylation sites (N-methyl/N-ethyl adjacent to an activating group) is 1. The highest BCUT2D eigenvalue weighted by molar-refractivity contribution is 5.86. The van der Waals surface area contributed by atoms with Crippen LogP contribution in [0.25, 0.3) is 0 Å². The van der Waals surface area contributed by atoms with Crippen molar-refractivity contribution < 1.29 is 9.72 Å². The SMILES string of the molecule is CCNC(=O)C1CNCCN1c1cccc([N+](=O)[O-])c1C. The van der Waals surface area contributed by atoms with Gasteiger partial charge in [-0.1, -0.05) is 6.07 Å². The first-order chi connectivity index (χ1) is 10.1. The van der Waals surface area contributed by atoms with Crippen LogP contribution in [0.2, 0.25) is 0 Å². The Kier molecular flexibility index (Phi) is 4.74. The molecule has 0 aliphatic carbocycles. The van der Waals surface area contributed by atoms with Crippen LogP contribution in [0.15, 0.2) is 18.2 Å². The number of rotatable bonds is 4. The second kappa shape index (κ2) is 6.53. The Morgan fingerprint density at radius 1 is 1.57 bits per heavy atom. The van der Waals surface area contributed by atoms with Crippen molar-refractivity contribution >= 4 is 17.3 Å². The lowest BCUT2D eigenvalue weighted by Gasteiger charge is -2.37. The van der Waals surface area contributed by atoms with Gasteiger partial charge in [-0.2, -0.15) is 0 Å². The largest absolute Gasteiger partial charge is 0.357 e. The highest BCUT2D eigenvalue weighted by Gasteiger charge is 2.30. The van der Waals surface area contributed by atoms with E-state index in [2.05, 4.69) is 10.6 Å². The van der Waals surface area contributed by atoms with Gasteiger partial charge in [-0.3, -0.25) is 14.9 Å². The molecule has 0 bridgehead atoms. The zero-order valence-electron chi connectivity index (χ0n) is 12.3. The number of nitrogens with zero attached hydrogens (tertiary/aromatic N) is 2. The summed E-state index contributed by atoms with van der Waals surface area (Å²) in [6.07, 6.45) is 0. The minimum atomic E-state index is -0.387. The molecule has 21 heavy (non-hydrogen) atoms. The fourth-order valence-corrected chi connectivity index (χ4v) is 2.64. The number of carbonyl (C=O) groups excluding carboxylic acids is 1. The Hall–Kier alpha value is -2.15. The first-order valence-corrected chi connectivity index (χ1v) is 7.05. The molecule has 7 heteroatoms. The van der Waals surface area contributed by atoms with Crippen LogP contribution in [0.5, 0.6) is 0 Å². The molecular weight excluding hydrogens is 272 g/mol. The maximum absolute atomic E-state index is 12.2. The third-order valence-electron chi connectivity index (χ3n) is 3.68. The first-order valence-electron chi connectivity index (χ1n) is 7.05. The Balaban J connectivity index is 2.35. The van der Waals surface area contributed by atoms with Gasteiger partial charge in [0.2, 0.25) is 5.91 Å². The fourth-order valence-electron chi connectivity index (χ4n) is 2.64. The Labute approximate surface area is 123 Å². The van der Waals surface area contributed by atoms with Crippen molar-refractivity contribution in [1.82, 2.24) is 10.6 Å². The number of hydrogen-bond acceptors (Lipinski definition) is 5. The van der Waals surface area contributed by atoms with Crippen molar-refractivity contribution in [2.24, 2.45) is 0 Å². The third-order valence-corrected chi connectivity index (χ3v) is 3.68. The van der Waals surface area contributed by atoms with E-state index < -0.39 is 0 Å². The van der Waals surface area contributed by atoms with Gasteiger partial charge in [0.25, 0.3) is 5.69 Å². The molecule has 2 N–H and O–H groups in total. The number of anilines is 1. The Morgan fingerprint density at radius 2 is 2.33 bits per heavy atom. The molecule has 1 fully saturated rings. The molecule has 1 aromatic carbocycles. The first kappa shape index (κ1) is 15.2. The van der Waals surface area contributed by atoms with E-state index in [0.717, 1.165) is 12.2 Å². The van der Waals surface area contributed by atoms with Crippen molar-refractivity contribution in [3.63, 3.8) is 0 Å². The number of benzene rings is 1. The Bertz CT molecular complexity index is 547. The van der Waals surface area contributed by atoms with Crippen LogP contribution in [0.4, 0.5) is 11.4 Å². The normalized spacial score (nSPS) is 18.4. The maximum Gasteiger partial charge on any atom is 0.274 e. The molecule has 1 aromatic rings. The lowest BCUT2D eigenvalue weighted by molar-refractivity contribution is -0.385. The van der Waals surface area contributed by atoms with Gasteiger partial charge >= 0.3 is 0 Å². The summed E-state index contributed by atoms with van der Waals surface area (Å²) in [5.74, 6) is -0.0596. The Morgan fingerprint density at radius 3 is 3.00 bits per heavy atom. The predicted molar refractivity (Wildman–Crippen MR) is 80.5 cm³/mol. The van der Waals surface area contributed by atoms with Crippen molar-refractivity contribution in [2.45, 2.75) is 19.9 Å². The smallest absolute Gasteiger partial charge is 0.274 e. The zero-order valence-corrected chi connectivity index (χ0v) is 12.3. The zero-order chi connectivity index (χ0) is 15.4. The minimum Gasteiger partial charge on any atom is -0.357 e. The molecule has 7 nitrogen and oxygen atoms in total. The summed E-state index contributed by atoms with van der Waals surface area (Å²) in [5, 5.41) is 17.1. The van der Waals surface area contributed by atoms with Gasteiger partial charge in [-0.15, -0.1) is 0 Å². The summed E-state index contributed by atoms with van der Waals surface area (Å²) in [7, 11) is 0. The van der Waals surface area contributed by atoms with E-state index in [0.29, 0.717) is 25.2 Å². The average molecular weight is 292 g/mol. The van der Waals surface area contributed by atoms with Gasteiger partial charge in [0.15, 0.2) is 0 Å². The van der Waals surface area contributed by atoms with Gasteiger partial charge in [0.05, 0.1) is 10.5 Å². The van der Waals surface area contributed by atoms with Crippen LogP contribution in [0, 0.1) is 17.0 Å². The van der Waals surface area contributed by atoms with Gasteiger partial charge in [-0.05, 0) is 19.9 Å². The number of nitro benzene ring substituents is 1. The third kappa shape index (κ3) is 3.13. The fraction of sp³-hybridized carbons (Fsp3) is 0.500. The standard InChI is InChI=1S/C14H20N4O3/c1-3-16-14(19)13-9-15-7-8-17(13)11-5-4-6-12(10(11)2)18(20)21/h4-6,13,15H,3,7-9H2,1-2H3,(H,16,19). The molecule has 1 aliphatic rings. The quantitative estimate of drug-likeness (QED) is 0.633. The molecule has 1 amide bonds. The summed E-state index contributed by atoms with van der Waals surface area (Å²) in [6, 6.07) is 4.64. The van der Waals surface area contributed by atoms with E-state index in [4.69, 9.17) is 0 Å². The van der Waals surface area contributed by atoms with Crippen molar-refractivity contribution in [1.29, 1.82) is 0 Å². The summed E-state index contributed by atoms with van der Waals surface area (Å²) in [5.41, 5.74) is 1.43. The number of nitro groups is 1. The van der Waals surface area contributed by atoms with Crippen molar-refractivity contribution in [3.05, 3.63) is 33.9 Å². The monoisotopic (exact) mass is 292 g/mol. The molecule has 114 valence electrons.